The zero-order valence-corrected chi connectivity index (χ0v) is 13.8. The summed E-state index contributed by atoms with van der Waals surface area (Å²) in [5, 5.41) is 4.92. The Bertz CT molecular complexity index is 428. The highest BCUT2D eigenvalue weighted by Gasteiger charge is 2.19. The fourth-order valence-electron chi connectivity index (χ4n) is 2.82. The molecule has 4 heteroatoms. The summed E-state index contributed by atoms with van der Waals surface area (Å²) < 4.78 is 0. The van der Waals surface area contributed by atoms with Crippen molar-refractivity contribution < 1.29 is 0 Å². The Labute approximate surface area is 132 Å². The smallest absolute Gasteiger partial charge is 0.0639 e. The topological polar surface area (TPSA) is 15.3 Å². The molecule has 1 N–H and O–H groups in total. The minimum atomic E-state index is 0.241. The summed E-state index contributed by atoms with van der Waals surface area (Å²) in [6, 6.07) is 6.08. The first-order valence-corrected chi connectivity index (χ1v) is 8.27. The maximum absolute atomic E-state index is 6.27. The van der Waals surface area contributed by atoms with Crippen LogP contribution >= 0.6 is 23.2 Å². The van der Waals surface area contributed by atoms with E-state index in [1.807, 2.05) is 18.2 Å². The van der Waals surface area contributed by atoms with E-state index in [9.17, 15) is 0 Å². The summed E-state index contributed by atoms with van der Waals surface area (Å²) in [6.07, 6.45) is 2.58. The SMILES string of the molecule is CCN1CCC(CNC(C)c2cccc(Cl)c2Cl)CC1. The van der Waals surface area contributed by atoms with Crippen molar-refractivity contribution in [2.24, 2.45) is 5.92 Å². The molecule has 2 nitrogen and oxygen atoms in total. The molecule has 1 saturated heterocycles. The van der Waals surface area contributed by atoms with Gasteiger partial charge >= 0.3 is 0 Å². The molecule has 1 aromatic carbocycles. The lowest BCUT2D eigenvalue weighted by Gasteiger charge is -2.31. The van der Waals surface area contributed by atoms with E-state index >= 15 is 0 Å². The second-order valence-corrected chi connectivity index (χ2v) is 6.44. The number of rotatable bonds is 5. The molecule has 0 radical (unpaired) electrons. The minimum absolute atomic E-state index is 0.241. The number of halogens is 2. The normalized spacial score (nSPS) is 19.2. The van der Waals surface area contributed by atoms with Gasteiger partial charge in [0, 0.05) is 6.04 Å². The van der Waals surface area contributed by atoms with Crippen LogP contribution in [0.4, 0.5) is 0 Å². The van der Waals surface area contributed by atoms with Gasteiger partial charge in [-0.15, -0.1) is 0 Å². The van der Waals surface area contributed by atoms with E-state index in [4.69, 9.17) is 23.2 Å². The summed E-state index contributed by atoms with van der Waals surface area (Å²) in [5.74, 6) is 0.776. The molecule has 0 spiro atoms. The second-order valence-electron chi connectivity index (χ2n) is 5.65. The van der Waals surface area contributed by atoms with Gasteiger partial charge in [0.05, 0.1) is 10.0 Å². The quantitative estimate of drug-likeness (QED) is 0.867. The molecule has 1 fully saturated rings. The van der Waals surface area contributed by atoms with Gasteiger partial charge in [0.1, 0.15) is 0 Å². The first-order valence-electron chi connectivity index (χ1n) is 7.51. The van der Waals surface area contributed by atoms with Crippen LogP contribution in [0.5, 0.6) is 0 Å². The van der Waals surface area contributed by atoms with Crippen LogP contribution < -0.4 is 5.32 Å². The molecule has 1 atom stereocenters. The highest BCUT2D eigenvalue weighted by molar-refractivity contribution is 6.42. The molecule has 0 bridgehead atoms. The van der Waals surface area contributed by atoms with Gasteiger partial charge in [-0.25, -0.2) is 0 Å². The average molecular weight is 315 g/mol. The zero-order chi connectivity index (χ0) is 14.5. The summed E-state index contributed by atoms with van der Waals surface area (Å²) >= 11 is 12.3. The van der Waals surface area contributed by atoms with Crippen molar-refractivity contribution >= 4 is 23.2 Å². The Hall–Kier alpha value is -0.280. The molecule has 112 valence electrons. The fourth-order valence-corrected chi connectivity index (χ4v) is 3.29. The van der Waals surface area contributed by atoms with Crippen LogP contribution in [0.25, 0.3) is 0 Å². The van der Waals surface area contributed by atoms with Gasteiger partial charge in [0.15, 0.2) is 0 Å². The molecule has 0 amide bonds. The number of benzene rings is 1. The number of hydrogen-bond donors (Lipinski definition) is 1. The van der Waals surface area contributed by atoms with E-state index in [-0.39, 0.29) is 6.04 Å². The number of piperidine rings is 1. The number of nitrogens with one attached hydrogen (secondary N) is 1. The van der Waals surface area contributed by atoms with Crippen LogP contribution in [-0.2, 0) is 0 Å². The van der Waals surface area contributed by atoms with E-state index in [0.29, 0.717) is 10.0 Å². The molecule has 1 heterocycles. The van der Waals surface area contributed by atoms with E-state index in [1.165, 1.54) is 32.5 Å². The Morgan fingerprint density at radius 2 is 2.00 bits per heavy atom. The zero-order valence-electron chi connectivity index (χ0n) is 12.3. The largest absolute Gasteiger partial charge is 0.310 e. The molecule has 2 rings (SSSR count). The van der Waals surface area contributed by atoms with Gasteiger partial charge < -0.3 is 10.2 Å². The third kappa shape index (κ3) is 4.11. The first-order chi connectivity index (χ1) is 9.61. The molecule has 1 aliphatic rings. The highest BCUT2D eigenvalue weighted by Crippen LogP contribution is 2.30. The lowest BCUT2D eigenvalue weighted by Crippen LogP contribution is -2.37. The Morgan fingerprint density at radius 3 is 2.65 bits per heavy atom. The third-order valence-electron chi connectivity index (χ3n) is 4.32. The summed E-state index contributed by atoms with van der Waals surface area (Å²) in [6.45, 7) is 9.08. The van der Waals surface area contributed by atoms with Gasteiger partial charge in [0.25, 0.3) is 0 Å². The Morgan fingerprint density at radius 1 is 1.30 bits per heavy atom. The monoisotopic (exact) mass is 314 g/mol. The number of hydrogen-bond acceptors (Lipinski definition) is 2. The van der Waals surface area contributed by atoms with Crippen molar-refractivity contribution in [2.75, 3.05) is 26.2 Å². The third-order valence-corrected chi connectivity index (χ3v) is 5.15. The van der Waals surface area contributed by atoms with Crippen molar-refractivity contribution in [3.8, 4) is 0 Å². The average Bonchev–Trinajstić information content (AvgIpc) is 2.48. The molecule has 1 aromatic rings. The summed E-state index contributed by atoms with van der Waals surface area (Å²) in [5.41, 5.74) is 1.09. The molecule has 0 saturated carbocycles. The van der Waals surface area contributed by atoms with E-state index < -0.39 is 0 Å². The van der Waals surface area contributed by atoms with Crippen LogP contribution in [0, 0.1) is 5.92 Å². The predicted molar refractivity (Wildman–Crippen MR) is 87.7 cm³/mol. The van der Waals surface area contributed by atoms with Crippen molar-refractivity contribution in [1.29, 1.82) is 0 Å². The first kappa shape index (κ1) is 16.1. The van der Waals surface area contributed by atoms with Gasteiger partial charge in [-0.2, -0.15) is 0 Å². The van der Waals surface area contributed by atoms with Crippen LogP contribution in [0.3, 0.4) is 0 Å². The fraction of sp³-hybridized carbons (Fsp3) is 0.625. The summed E-state index contributed by atoms with van der Waals surface area (Å²) in [7, 11) is 0. The predicted octanol–water partition coefficient (Wildman–Crippen LogP) is 4.38. The highest BCUT2D eigenvalue weighted by atomic mass is 35.5. The molecule has 1 aliphatic heterocycles. The number of nitrogens with zero attached hydrogens (tertiary/aromatic N) is 1. The lowest BCUT2D eigenvalue weighted by atomic mass is 9.96. The van der Waals surface area contributed by atoms with Crippen molar-refractivity contribution in [2.45, 2.75) is 32.7 Å². The van der Waals surface area contributed by atoms with Crippen LogP contribution in [0.1, 0.15) is 38.3 Å². The van der Waals surface area contributed by atoms with Crippen LogP contribution in [0.2, 0.25) is 10.0 Å². The lowest BCUT2D eigenvalue weighted by molar-refractivity contribution is 0.188. The number of likely N-dealkylation sites (tertiary alicyclic amines) is 1. The maximum atomic E-state index is 6.27. The van der Waals surface area contributed by atoms with Gasteiger partial charge in [-0.1, -0.05) is 42.3 Å². The summed E-state index contributed by atoms with van der Waals surface area (Å²) in [4.78, 5) is 2.52. The van der Waals surface area contributed by atoms with Gasteiger partial charge in [0.2, 0.25) is 0 Å². The second kappa shape index (κ2) is 7.65. The Kier molecular flexibility index (Phi) is 6.16. The molecule has 0 aromatic heterocycles. The maximum Gasteiger partial charge on any atom is 0.0639 e. The van der Waals surface area contributed by atoms with Crippen molar-refractivity contribution in [3.63, 3.8) is 0 Å². The van der Waals surface area contributed by atoms with Crippen LogP contribution in [0.15, 0.2) is 18.2 Å². The standard InChI is InChI=1S/C16H24Cl2N2/c1-3-20-9-7-13(8-10-20)11-19-12(2)14-5-4-6-15(17)16(14)18/h4-6,12-13,19H,3,7-11H2,1-2H3. The van der Waals surface area contributed by atoms with Crippen molar-refractivity contribution in [3.05, 3.63) is 33.8 Å². The molecular formula is C16H24Cl2N2. The molecule has 20 heavy (non-hydrogen) atoms. The van der Waals surface area contributed by atoms with E-state index in [2.05, 4.69) is 24.1 Å². The van der Waals surface area contributed by atoms with E-state index in [0.717, 1.165) is 18.0 Å². The van der Waals surface area contributed by atoms with E-state index in [1.54, 1.807) is 0 Å². The molecular weight excluding hydrogens is 291 g/mol. The van der Waals surface area contributed by atoms with Crippen molar-refractivity contribution in [1.82, 2.24) is 10.2 Å². The minimum Gasteiger partial charge on any atom is -0.310 e. The van der Waals surface area contributed by atoms with Crippen LogP contribution in [-0.4, -0.2) is 31.1 Å². The van der Waals surface area contributed by atoms with Gasteiger partial charge in [-0.3, -0.25) is 0 Å². The van der Waals surface area contributed by atoms with Gasteiger partial charge in [-0.05, 0) is 63.5 Å². The Balaban J connectivity index is 1.83. The molecule has 1 unspecified atom stereocenters. The molecule has 0 aliphatic carbocycles.